The molecule has 25 heavy (non-hydrogen) atoms. The zero-order chi connectivity index (χ0) is 18.2. The van der Waals surface area contributed by atoms with Crippen molar-refractivity contribution in [2.75, 3.05) is 7.11 Å². The van der Waals surface area contributed by atoms with Crippen molar-refractivity contribution in [2.45, 2.75) is 13.8 Å². The molecule has 0 amide bonds. The number of methoxy groups -OCH3 is 1. The maximum atomic E-state index is 12.2. The molecule has 2 aromatic rings. The molecule has 4 heteroatoms. The van der Waals surface area contributed by atoms with E-state index in [1.807, 2.05) is 19.9 Å². The fourth-order valence-electron chi connectivity index (χ4n) is 2.05. The number of ether oxygens (including phenoxy) is 2. The molecule has 2 rings (SSSR count). The van der Waals surface area contributed by atoms with Gasteiger partial charge in [0.15, 0.2) is 5.78 Å². The quantitative estimate of drug-likeness (QED) is 0.446. The van der Waals surface area contributed by atoms with Gasteiger partial charge in [-0.2, -0.15) is 0 Å². The first-order valence-electron chi connectivity index (χ1n) is 8.02. The number of aromatic hydroxyl groups is 1. The van der Waals surface area contributed by atoms with Crippen molar-refractivity contribution >= 4 is 11.9 Å². The Kier molecular flexibility index (Phi) is 6.40. The van der Waals surface area contributed by atoms with Gasteiger partial charge < -0.3 is 14.6 Å². The van der Waals surface area contributed by atoms with Gasteiger partial charge in [0, 0.05) is 17.2 Å². The standard InChI is InChI=1S/C21H22O4/c1-15(2)11-12-25-19-9-7-16(21(23)14-19)8-10-20(22)17-5-4-6-18(13-17)24-3/h4-15,23H,1-3H3. The predicted octanol–water partition coefficient (Wildman–Crippen LogP) is 4.85. The molecule has 0 aliphatic heterocycles. The summed E-state index contributed by atoms with van der Waals surface area (Å²) < 4.78 is 10.5. The molecule has 0 aromatic heterocycles. The number of ketones is 1. The molecular formula is C21H22O4. The summed E-state index contributed by atoms with van der Waals surface area (Å²) in [5.41, 5.74) is 1.06. The molecule has 0 aliphatic rings. The summed E-state index contributed by atoms with van der Waals surface area (Å²) in [5.74, 6) is 1.42. The summed E-state index contributed by atoms with van der Waals surface area (Å²) >= 11 is 0. The number of phenolic OH excluding ortho intramolecular Hbond substituents is 1. The molecule has 0 unspecified atom stereocenters. The molecule has 0 saturated heterocycles. The number of hydrogen-bond acceptors (Lipinski definition) is 4. The van der Waals surface area contributed by atoms with Crippen LogP contribution >= 0.6 is 0 Å². The van der Waals surface area contributed by atoms with Gasteiger partial charge in [-0.1, -0.05) is 26.0 Å². The van der Waals surface area contributed by atoms with Crippen LogP contribution in [0.2, 0.25) is 0 Å². The van der Waals surface area contributed by atoms with Gasteiger partial charge >= 0.3 is 0 Å². The average molecular weight is 338 g/mol. The number of hydrogen-bond donors (Lipinski definition) is 1. The zero-order valence-corrected chi connectivity index (χ0v) is 14.6. The van der Waals surface area contributed by atoms with E-state index in [2.05, 4.69) is 0 Å². The van der Waals surface area contributed by atoms with Crippen LogP contribution < -0.4 is 9.47 Å². The number of phenols is 1. The van der Waals surface area contributed by atoms with Gasteiger partial charge in [0.05, 0.1) is 13.4 Å². The van der Waals surface area contributed by atoms with E-state index >= 15 is 0 Å². The number of carbonyl (C=O) groups is 1. The predicted molar refractivity (Wildman–Crippen MR) is 99.1 cm³/mol. The number of allylic oxidation sites excluding steroid dienone is 2. The molecule has 1 N–H and O–H groups in total. The minimum Gasteiger partial charge on any atom is -0.507 e. The first kappa shape index (κ1) is 18.3. The molecule has 0 heterocycles. The van der Waals surface area contributed by atoms with Gasteiger partial charge in [-0.3, -0.25) is 4.79 Å². The number of benzene rings is 2. The molecule has 4 nitrogen and oxygen atoms in total. The third kappa shape index (κ3) is 5.53. The van der Waals surface area contributed by atoms with Crippen LogP contribution in [0.25, 0.3) is 6.08 Å². The fraction of sp³-hybridized carbons (Fsp3) is 0.190. The van der Waals surface area contributed by atoms with Crippen LogP contribution in [0, 0.1) is 5.92 Å². The van der Waals surface area contributed by atoms with Crippen LogP contribution in [-0.2, 0) is 0 Å². The van der Waals surface area contributed by atoms with E-state index in [1.54, 1.807) is 55.8 Å². The van der Waals surface area contributed by atoms with Crippen LogP contribution in [0.3, 0.4) is 0 Å². The lowest BCUT2D eigenvalue weighted by molar-refractivity contribution is 0.104. The van der Waals surface area contributed by atoms with Gasteiger partial charge in [0.1, 0.15) is 17.2 Å². The number of rotatable bonds is 7. The van der Waals surface area contributed by atoms with Crippen LogP contribution in [0.1, 0.15) is 29.8 Å². The highest BCUT2D eigenvalue weighted by atomic mass is 16.5. The van der Waals surface area contributed by atoms with Crippen LogP contribution in [0.15, 0.2) is 60.9 Å². The van der Waals surface area contributed by atoms with Crippen molar-refractivity contribution < 1.29 is 19.4 Å². The van der Waals surface area contributed by atoms with Crippen LogP contribution in [0.5, 0.6) is 17.2 Å². The van der Waals surface area contributed by atoms with E-state index in [0.29, 0.717) is 28.5 Å². The first-order valence-corrected chi connectivity index (χ1v) is 8.02. The third-order valence-corrected chi connectivity index (χ3v) is 3.44. The highest BCUT2D eigenvalue weighted by Crippen LogP contribution is 2.25. The molecule has 130 valence electrons. The highest BCUT2D eigenvalue weighted by Gasteiger charge is 2.05. The Morgan fingerprint density at radius 3 is 2.60 bits per heavy atom. The van der Waals surface area contributed by atoms with Gasteiger partial charge in [0.25, 0.3) is 0 Å². The second-order valence-corrected chi connectivity index (χ2v) is 5.84. The van der Waals surface area contributed by atoms with E-state index < -0.39 is 0 Å². The van der Waals surface area contributed by atoms with Crippen molar-refractivity contribution in [1.29, 1.82) is 0 Å². The summed E-state index contributed by atoms with van der Waals surface area (Å²) in [4.78, 5) is 12.2. The maximum absolute atomic E-state index is 12.2. The molecule has 0 atom stereocenters. The Morgan fingerprint density at radius 1 is 1.12 bits per heavy atom. The minimum absolute atomic E-state index is 0.0464. The first-order chi connectivity index (χ1) is 12.0. The second kappa shape index (κ2) is 8.73. The van der Waals surface area contributed by atoms with Gasteiger partial charge in [0.2, 0.25) is 0 Å². The summed E-state index contributed by atoms with van der Waals surface area (Å²) in [6, 6.07) is 11.9. The van der Waals surface area contributed by atoms with E-state index in [1.165, 1.54) is 12.1 Å². The van der Waals surface area contributed by atoms with Crippen molar-refractivity contribution in [1.82, 2.24) is 0 Å². The van der Waals surface area contributed by atoms with Crippen molar-refractivity contribution in [2.24, 2.45) is 5.92 Å². The molecule has 0 saturated carbocycles. The van der Waals surface area contributed by atoms with Gasteiger partial charge in [-0.05, 0) is 48.4 Å². The molecule has 0 bridgehead atoms. The smallest absolute Gasteiger partial charge is 0.185 e. The van der Waals surface area contributed by atoms with Crippen LogP contribution in [0.4, 0.5) is 0 Å². The summed E-state index contributed by atoms with van der Waals surface area (Å²) in [6.45, 7) is 4.09. The molecule has 2 aromatic carbocycles. The lowest BCUT2D eigenvalue weighted by Gasteiger charge is -2.04. The second-order valence-electron chi connectivity index (χ2n) is 5.84. The summed E-state index contributed by atoms with van der Waals surface area (Å²) in [7, 11) is 1.55. The molecule has 0 fully saturated rings. The minimum atomic E-state index is -0.168. The summed E-state index contributed by atoms with van der Waals surface area (Å²) in [6.07, 6.45) is 6.51. The lowest BCUT2D eigenvalue weighted by atomic mass is 10.1. The van der Waals surface area contributed by atoms with Crippen molar-refractivity contribution in [3.05, 3.63) is 72.0 Å². The zero-order valence-electron chi connectivity index (χ0n) is 14.6. The Balaban J connectivity index is 2.08. The van der Waals surface area contributed by atoms with E-state index in [9.17, 15) is 9.90 Å². The molecule has 0 spiro atoms. The topological polar surface area (TPSA) is 55.8 Å². The Labute approximate surface area is 148 Å². The monoisotopic (exact) mass is 338 g/mol. The highest BCUT2D eigenvalue weighted by molar-refractivity contribution is 6.07. The lowest BCUT2D eigenvalue weighted by Crippen LogP contribution is -1.95. The van der Waals surface area contributed by atoms with Crippen molar-refractivity contribution in [3.8, 4) is 17.2 Å². The van der Waals surface area contributed by atoms with Crippen LogP contribution in [-0.4, -0.2) is 18.0 Å². The molecular weight excluding hydrogens is 316 g/mol. The average Bonchev–Trinajstić information content (AvgIpc) is 2.60. The van der Waals surface area contributed by atoms with E-state index in [-0.39, 0.29) is 11.5 Å². The van der Waals surface area contributed by atoms with Gasteiger partial charge in [-0.15, -0.1) is 0 Å². The number of carbonyl (C=O) groups excluding carboxylic acids is 1. The Bertz CT molecular complexity index is 788. The van der Waals surface area contributed by atoms with E-state index in [4.69, 9.17) is 9.47 Å². The SMILES string of the molecule is COc1cccc(C(=O)C=Cc2ccc(OC=CC(C)C)cc2O)c1. The normalized spacial score (nSPS) is 11.4. The van der Waals surface area contributed by atoms with E-state index in [0.717, 1.165) is 0 Å². The fourth-order valence-corrected chi connectivity index (χ4v) is 2.05. The Hall–Kier alpha value is -3.01. The third-order valence-electron chi connectivity index (χ3n) is 3.44. The summed E-state index contributed by atoms with van der Waals surface area (Å²) in [5, 5.41) is 10.1. The maximum Gasteiger partial charge on any atom is 0.185 e. The van der Waals surface area contributed by atoms with Gasteiger partial charge in [-0.25, -0.2) is 0 Å². The largest absolute Gasteiger partial charge is 0.507 e. The molecule has 0 radical (unpaired) electrons. The Morgan fingerprint density at radius 2 is 1.92 bits per heavy atom. The van der Waals surface area contributed by atoms with Crippen molar-refractivity contribution in [3.63, 3.8) is 0 Å². The molecule has 0 aliphatic carbocycles.